The molecule has 0 heterocycles. The number of carbonyl (C=O) groups is 2. The predicted octanol–water partition coefficient (Wildman–Crippen LogP) is 2.22. The Morgan fingerprint density at radius 2 is 1.77 bits per heavy atom. The number of amides is 2. The van der Waals surface area contributed by atoms with Gasteiger partial charge in [-0.25, -0.2) is 0 Å². The lowest BCUT2D eigenvalue weighted by Crippen LogP contribution is -2.36. The summed E-state index contributed by atoms with van der Waals surface area (Å²) in [4.78, 5) is 23.5. The predicted molar refractivity (Wildman–Crippen MR) is 87.6 cm³/mol. The molecule has 2 rings (SSSR count). The van der Waals surface area contributed by atoms with Gasteiger partial charge in [-0.15, -0.1) is 0 Å². The fourth-order valence-electron chi connectivity index (χ4n) is 1.84. The zero-order valence-corrected chi connectivity index (χ0v) is 12.6. The molecule has 0 aliphatic carbocycles. The van der Waals surface area contributed by atoms with Gasteiger partial charge in [-0.2, -0.15) is 0 Å². The number of nitrogen functional groups attached to an aromatic ring is 1. The maximum Gasteiger partial charge on any atom is 0.313 e. The smallest absolute Gasteiger partial charge is 0.313 e. The van der Waals surface area contributed by atoms with Crippen LogP contribution < -0.4 is 16.4 Å². The van der Waals surface area contributed by atoms with Gasteiger partial charge < -0.3 is 16.4 Å². The molecule has 2 aromatic rings. The van der Waals surface area contributed by atoms with Crippen molar-refractivity contribution in [3.63, 3.8) is 0 Å². The van der Waals surface area contributed by atoms with Crippen LogP contribution in [0.1, 0.15) is 5.56 Å². The van der Waals surface area contributed by atoms with Crippen molar-refractivity contribution in [2.24, 2.45) is 0 Å². The first-order valence-electron chi connectivity index (χ1n) is 6.74. The minimum Gasteiger partial charge on any atom is -0.398 e. The molecule has 4 N–H and O–H groups in total. The van der Waals surface area contributed by atoms with E-state index < -0.39 is 11.8 Å². The summed E-state index contributed by atoms with van der Waals surface area (Å²) in [5, 5.41) is 5.36. The number of hydrogen-bond acceptors (Lipinski definition) is 3. The van der Waals surface area contributed by atoms with Crippen LogP contribution in [0.3, 0.4) is 0 Å². The highest BCUT2D eigenvalue weighted by molar-refractivity contribution is 6.40. The highest BCUT2D eigenvalue weighted by atomic mass is 35.5. The summed E-state index contributed by atoms with van der Waals surface area (Å²) in [6, 6.07) is 14.3. The Hall–Kier alpha value is -2.53. The van der Waals surface area contributed by atoms with Crippen LogP contribution in [0.25, 0.3) is 0 Å². The molecular formula is C16H16ClN3O2. The van der Waals surface area contributed by atoms with E-state index in [9.17, 15) is 9.59 Å². The van der Waals surface area contributed by atoms with Gasteiger partial charge in [0.2, 0.25) is 0 Å². The molecule has 0 saturated carbocycles. The Morgan fingerprint density at radius 3 is 2.45 bits per heavy atom. The summed E-state index contributed by atoms with van der Waals surface area (Å²) in [5.74, 6) is -1.43. The standard InChI is InChI=1S/C16H16ClN3O2/c17-13-10-12(6-7-14(13)18)20-16(22)15(21)19-9-8-11-4-2-1-3-5-11/h1-7,10H,8-9,18H2,(H,19,21)(H,20,22). The fourth-order valence-corrected chi connectivity index (χ4v) is 2.02. The molecule has 6 heteroatoms. The van der Waals surface area contributed by atoms with E-state index in [1.165, 1.54) is 6.07 Å². The van der Waals surface area contributed by atoms with Crippen molar-refractivity contribution in [3.05, 3.63) is 59.1 Å². The van der Waals surface area contributed by atoms with E-state index in [0.717, 1.165) is 5.56 Å². The molecule has 22 heavy (non-hydrogen) atoms. The number of benzene rings is 2. The van der Waals surface area contributed by atoms with Crippen LogP contribution in [0.4, 0.5) is 11.4 Å². The molecule has 5 nitrogen and oxygen atoms in total. The number of anilines is 2. The van der Waals surface area contributed by atoms with Crippen LogP contribution in [0.15, 0.2) is 48.5 Å². The molecule has 0 radical (unpaired) electrons. The summed E-state index contributed by atoms with van der Waals surface area (Å²) in [6.07, 6.45) is 0.660. The average Bonchev–Trinajstić information content (AvgIpc) is 2.52. The Morgan fingerprint density at radius 1 is 1.05 bits per heavy atom. The third-order valence-electron chi connectivity index (χ3n) is 3.01. The van der Waals surface area contributed by atoms with Gasteiger partial charge in [-0.1, -0.05) is 41.9 Å². The Labute approximate surface area is 133 Å². The molecule has 0 unspecified atom stereocenters. The number of rotatable bonds is 4. The third kappa shape index (κ3) is 4.49. The first kappa shape index (κ1) is 15.9. The molecular weight excluding hydrogens is 302 g/mol. The molecule has 0 aliphatic heterocycles. The summed E-state index contributed by atoms with van der Waals surface area (Å²) in [5.41, 5.74) is 7.50. The second-order valence-electron chi connectivity index (χ2n) is 4.68. The van der Waals surface area contributed by atoms with Gasteiger partial charge in [-0.3, -0.25) is 9.59 Å². The monoisotopic (exact) mass is 317 g/mol. The number of hydrogen-bond donors (Lipinski definition) is 3. The normalized spacial score (nSPS) is 10.0. The molecule has 2 amide bonds. The van der Waals surface area contributed by atoms with E-state index in [2.05, 4.69) is 10.6 Å². The van der Waals surface area contributed by atoms with Crippen molar-refractivity contribution < 1.29 is 9.59 Å². The van der Waals surface area contributed by atoms with Crippen LogP contribution in [-0.4, -0.2) is 18.4 Å². The van der Waals surface area contributed by atoms with Crippen molar-refractivity contribution in [3.8, 4) is 0 Å². The minimum absolute atomic E-state index is 0.322. The van der Waals surface area contributed by atoms with Crippen molar-refractivity contribution in [2.75, 3.05) is 17.6 Å². The molecule has 0 bridgehead atoms. The van der Waals surface area contributed by atoms with Crippen LogP contribution >= 0.6 is 11.6 Å². The van der Waals surface area contributed by atoms with E-state index in [0.29, 0.717) is 29.4 Å². The summed E-state index contributed by atoms with van der Waals surface area (Å²) in [7, 11) is 0. The van der Waals surface area contributed by atoms with Crippen molar-refractivity contribution >= 4 is 34.8 Å². The van der Waals surface area contributed by atoms with Crippen LogP contribution in [0.5, 0.6) is 0 Å². The van der Waals surface area contributed by atoms with Gasteiger partial charge in [-0.05, 0) is 30.2 Å². The molecule has 0 aliphatic rings. The maximum absolute atomic E-state index is 11.8. The number of nitrogens with one attached hydrogen (secondary N) is 2. The lowest BCUT2D eigenvalue weighted by molar-refractivity contribution is -0.136. The second kappa shape index (κ2) is 7.47. The zero-order chi connectivity index (χ0) is 15.9. The topological polar surface area (TPSA) is 84.2 Å². The van der Waals surface area contributed by atoms with Crippen molar-refractivity contribution in [1.29, 1.82) is 0 Å². The second-order valence-corrected chi connectivity index (χ2v) is 5.09. The summed E-state index contributed by atoms with van der Waals surface area (Å²) < 4.78 is 0. The minimum atomic E-state index is -0.742. The Balaban J connectivity index is 1.82. The largest absolute Gasteiger partial charge is 0.398 e. The van der Waals surface area contributed by atoms with Gasteiger partial charge in [0.05, 0.1) is 10.7 Å². The van der Waals surface area contributed by atoms with Crippen LogP contribution in [0.2, 0.25) is 5.02 Å². The maximum atomic E-state index is 11.8. The quantitative estimate of drug-likeness (QED) is 0.597. The molecule has 0 atom stereocenters. The molecule has 0 aromatic heterocycles. The zero-order valence-electron chi connectivity index (χ0n) is 11.8. The Kier molecular flexibility index (Phi) is 5.38. The fraction of sp³-hybridized carbons (Fsp3) is 0.125. The molecule has 0 fully saturated rings. The van der Waals surface area contributed by atoms with Gasteiger partial charge in [0, 0.05) is 12.2 Å². The van der Waals surface area contributed by atoms with E-state index in [4.69, 9.17) is 17.3 Å². The lowest BCUT2D eigenvalue weighted by atomic mass is 10.1. The van der Waals surface area contributed by atoms with E-state index >= 15 is 0 Å². The van der Waals surface area contributed by atoms with E-state index in [-0.39, 0.29) is 0 Å². The number of nitrogens with two attached hydrogens (primary N) is 1. The average molecular weight is 318 g/mol. The molecule has 114 valence electrons. The van der Waals surface area contributed by atoms with Crippen LogP contribution in [0, 0.1) is 0 Å². The van der Waals surface area contributed by atoms with Crippen molar-refractivity contribution in [1.82, 2.24) is 5.32 Å². The summed E-state index contributed by atoms with van der Waals surface area (Å²) in [6.45, 7) is 0.388. The highest BCUT2D eigenvalue weighted by Gasteiger charge is 2.13. The summed E-state index contributed by atoms with van der Waals surface area (Å²) >= 11 is 5.85. The Bertz CT molecular complexity index is 674. The first-order valence-corrected chi connectivity index (χ1v) is 7.12. The van der Waals surface area contributed by atoms with Gasteiger partial charge in [0.25, 0.3) is 0 Å². The van der Waals surface area contributed by atoms with E-state index in [1.807, 2.05) is 30.3 Å². The number of halogens is 1. The lowest BCUT2D eigenvalue weighted by Gasteiger charge is -2.07. The first-order chi connectivity index (χ1) is 10.6. The van der Waals surface area contributed by atoms with Crippen molar-refractivity contribution in [2.45, 2.75) is 6.42 Å². The molecule has 2 aromatic carbocycles. The molecule has 0 saturated heterocycles. The number of carbonyl (C=O) groups excluding carboxylic acids is 2. The van der Waals surface area contributed by atoms with E-state index in [1.54, 1.807) is 12.1 Å². The SMILES string of the molecule is Nc1ccc(NC(=O)C(=O)NCCc2ccccc2)cc1Cl. The van der Waals surface area contributed by atoms with Crippen LogP contribution in [-0.2, 0) is 16.0 Å². The van der Waals surface area contributed by atoms with Gasteiger partial charge in [0.15, 0.2) is 0 Å². The van der Waals surface area contributed by atoms with Gasteiger partial charge >= 0.3 is 11.8 Å². The molecule has 0 spiro atoms. The van der Waals surface area contributed by atoms with Gasteiger partial charge in [0.1, 0.15) is 0 Å². The highest BCUT2D eigenvalue weighted by Crippen LogP contribution is 2.22. The third-order valence-corrected chi connectivity index (χ3v) is 3.33.